The van der Waals surface area contributed by atoms with Gasteiger partial charge >= 0.3 is 0 Å². The molecule has 0 atom stereocenters. The van der Waals surface area contributed by atoms with Gasteiger partial charge in [-0.1, -0.05) is 17.3 Å². The lowest BCUT2D eigenvalue weighted by molar-refractivity contribution is 0.146. The standard InChI is InChI=1S/C13H15NO4/c1-16-6-7-17-12-5-3-2-4-11(12)13-8-10(9-15)14-18-13/h2-5,8,15H,6-7,9H2,1H3. The lowest BCUT2D eigenvalue weighted by Gasteiger charge is -2.08. The van der Waals surface area contributed by atoms with Crippen molar-refractivity contribution < 1.29 is 19.1 Å². The van der Waals surface area contributed by atoms with E-state index in [4.69, 9.17) is 19.1 Å². The van der Waals surface area contributed by atoms with Crippen LogP contribution in [0.3, 0.4) is 0 Å². The fourth-order valence-electron chi connectivity index (χ4n) is 1.54. The normalized spacial score (nSPS) is 10.6. The monoisotopic (exact) mass is 249 g/mol. The lowest BCUT2D eigenvalue weighted by Crippen LogP contribution is -2.04. The summed E-state index contributed by atoms with van der Waals surface area (Å²) in [6.45, 7) is 0.845. The second kappa shape index (κ2) is 6.18. The number of aromatic nitrogens is 1. The Hall–Kier alpha value is -1.85. The third-order valence-electron chi connectivity index (χ3n) is 2.42. The quantitative estimate of drug-likeness (QED) is 0.791. The molecular weight excluding hydrogens is 234 g/mol. The molecule has 96 valence electrons. The first-order chi connectivity index (χ1) is 8.85. The molecular formula is C13H15NO4. The average molecular weight is 249 g/mol. The highest BCUT2D eigenvalue weighted by Gasteiger charge is 2.11. The van der Waals surface area contributed by atoms with E-state index in [9.17, 15) is 0 Å². The van der Waals surface area contributed by atoms with Gasteiger partial charge in [0.2, 0.25) is 0 Å². The number of para-hydroxylation sites is 1. The Morgan fingerprint density at radius 3 is 2.83 bits per heavy atom. The maximum atomic E-state index is 8.97. The number of hydrogen-bond acceptors (Lipinski definition) is 5. The first-order valence-electron chi connectivity index (χ1n) is 5.62. The molecule has 0 aliphatic carbocycles. The van der Waals surface area contributed by atoms with Crippen molar-refractivity contribution in [3.63, 3.8) is 0 Å². The minimum absolute atomic E-state index is 0.143. The summed E-state index contributed by atoms with van der Waals surface area (Å²) >= 11 is 0. The molecule has 0 unspecified atom stereocenters. The summed E-state index contributed by atoms with van der Waals surface area (Å²) < 4.78 is 15.7. The van der Waals surface area contributed by atoms with Gasteiger partial charge in [-0.2, -0.15) is 0 Å². The van der Waals surface area contributed by atoms with Crippen LogP contribution in [0.25, 0.3) is 11.3 Å². The molecule has 1 aromatic heterocycles. The van der Waals surface area contributed by atoms with E-state index in [0.29, 0.717) is 30.4 Å². The molecule has 2 rings (SSSR count). The van der Waals surface area contributed by atoms with Gasteiger partial charge in [0.15, 0.2) is 5.76 Å². The highest BCUT2D eigenvalue weighted by Crippen LogP contribution is 2.30. The van der Waals surface area contributed by atoms with Gasteiger partial charge in [-0.05, 0) is 12.1 Å². The molecule has 2 aromatic rings. The molecule has 0 saturated heterocycles. The Morgan fingerprint density at radius 1 is 1.28 bits per heavy atom. The SMILES string of the molecule is COCCOc1ccccc1-c1cc(CO)no1. The molecule has 0 fully saturated rings. The van der Waals surface area contributed by atoms with E-state index in [2.05, 4.69) is 5.16 Å². The van der Waals surface area contributed by atoms with Crippen LogP contribution in [0.15, 0.2) is 34.9 Å². The predicted octanol–water partition coefficient (Wildman–Crippen LogP) is 1.86. The molecule has 0 aliphatic rings. The number of hydrogen-bond donors (Lipinski definition) is 1. The second-order valence-corrected chi connectivity index (χ2v) is 3.68. The molecule has 0 spiro atoms. The Labute approximate surface area is 105 Å². The van der Waals surface area contributed by atoms with Crippen LogP contribution < -0.4 is 4.74 Å². The van der Waals surface area contributed by atoms with Crippen LogP contribution in [0, 0.1) is 0 Å². The molecule has 0 radical (unpaired) electrons. The lowest BCUT2D eigenvalue weighted by atomic mass is 10.1. The van der Waals surface area contributed by atoms with Gasteiger partial charge in [0.05, 0.1) is 18.8 Å². The molecule has 0 amide bonds. The second-order valence-electron chi connectivity index (χ2n) is 3.68. The summed E-state index contributed by atoms with van der Waals surface area (Å²) in [6, 6.07) is 9.20. The summed E-state index contributed by atoms with van der Waals surface area (Å²) in [5.41, 5.74) is 1.30. The van der Waals surface area contributed by atoms with Crippen LogP contribution in [0.2, 0.25) is 0 Å². The van der Waals surface area contributed by atoms with Gasteiger partial charge in [0, 0.05) is 13.2 Å². The Balaban J connectivity index is 2.20. The number of rotatable bonds is 6. The van der Waals surface area contributed by atoms with Gasteiger partial charge in [-0.3, -0.25) is 0 Å². The molecule has 0 saturated carbocycles. The van der Waals surface area contributed by atoms with Crippen molar-refractivity contribution >= 4 is 0 Å². The Morgan fingerprint density at radius 2 is 2.11 bits per heavy atom. The molecule has 1 aromatic carbocycles. The van der Waals surface area contributed by atoms with Crippen molar-refractivity contribution in [1.29, 1.82) is 0 Å². The van der Waals surface area contributed by atoms with Crippen molar-refractivity contribution in [2.45, 2.75) is 6.61 Å². The predicted molar refractivity (Wildman–Crippen MR) is 65.2 cm³/mol. The van der Waals surface area contributed by atoms with Crippen molar-refractivity contribution in [2.24, 2.45) is 0 Å². The molecule has 5 nitrogen and oxygen atoms in total. The van der Waals surface area contributed by atoms with E-state index >= 15 is 0 Å². The van der Waals surface area contributed by atoms with Crippen LogP contribution >= 0.6 is 0 Å². The van der Waals surface area contributed by atoms with Crippen molar-refractivity contribution in [3.05, 3.63) is 36.0 Å². The Bertz CT molecular complexity index is 495. The van der Waals surface area contributed by atoms with Crippen LogP contribution in [-0.4, -0.2) is 30.6 Å². The molecule has 18 heavy (non-hydrogen) atoms. The fourth-order valence-corrected chi connectivity index (χ4v) is 1.54. The third-order valence-corrected chi connectivity index (χ3v) is 2.42. The first kappa shape index (κ1) is 12.6. The van der Waals surface area contributed by atoms with E-state index in [-0.39, 0.29) is 6.61 Å². The molecule has 1 heterocycles. The van der Waals surface area contributed by atoms with Gasteiger partial charge < -0.3 is 19.1 Å². The minimum atomic E-state index is -0.143. The molecule has 0 bridgehead atoms. The fraction of sp³-hybridized carbons (Fsp3) is 0.308. The molecule has 5 heteroatoms. The van der Waals surface area contributed by atoms with E-state index in [0.717, 1.165) is 5.56 Å². The maximum absolute atomic E-state index is 8.97. The summed E-state index contributed by atoms with van der Waals surface area (Å²) in [5, 5.41) is 12.7. The van der Waals surface area contributed by atoms with E-state index in [1.54, 1.807) is 13.2 Å². The minimum Gasteiger partial charge on any atom is -0.490 e. The van der Waals surface area contributed by atoms with Crippen molar-refractivity contribution in [3.8, 4) is 17.1 Å². The van der Waals surface area contributed by atoms with Crippen LogP contribution in [0.4, 0.5) is 0 Å². The zero-order valence-corrected chi connectivity index (χ0v) is 10.1. The summed E-state index contributed by atoms with van der Waals surface area (Å²) in [6.07, 6.45) is 0. The van der Waals surface area contributed by atoms with E-state index < -0.39 is 0 Å². The zero-order chi connectivity index (χ0) is 12.8. The third kappa shape index (κ3) is 2.88. The van der Waals surface area contributed by atoms with Crippen molar-refractivity contribution in [1.82, 2.24) is 5.16 Å². The van der Waals surface area contributed by atoms with Gasteiger partial charge in [0.1, 0.15) is 18.1 Å². The summed E-state index contributed by atoms with van der Waals surface area (Å²) in [4.78, 5) is 0. The van der Waals surface area contributed by atoms with Gasteiger partial charge in [-0.15, -0.1) is 0 Å². The number of nitrogens with zero attached hydrogens (tertiary/aromatic N) is 1. The van der Waals surface area contributed by atoms with Crippen LogP contribution in [-0.2, 0) is 11.3 Å². The van der Waals surface area contributed by atoms with Gasteiger partial charge in [0.25, 0.3) is 0 Å². The van der Waals surface area contributed by atoms with Crippen LogP contribution in [0.1, 0.15) is 5.69 Å². The smallest absolute Gasteiger partial charge is 0.170 e. The molecule has 0 aliphatic heterocycles. The van der Waals surface area contributed by atoms with E-state index in [1.807, 2.05) is 24.3 Å². The van der Waals surface area contributed by atoms with Crippen molar-refractivity contribution in [2.75, 3.05) is 20.3 Å². The van der Waals surface area contributed by atoms with E-state index in [1.165, 1.54) is 0 Å². The average Bonchev–Trinajstić information content (AvgIpc) is 2.88. The maximum Gasteiger partial charge on any atom is 0.170 e. The first-order valence-corrected chi connectivity index (χ1v) is 5.62. The highest BCUT2D eigenvalue weighted by atomic mass is 16.5. The molecule has 1 N–H and O–H groups in total. The summed E-state index contributed by atoms with van der Waals surface area (Å²) in [7, 11) is 1.62. The number of ether oxygens (including phenoxy) is 2. The van der Waals surface area contributed by atoms with Gasteiger partial charge in [-0.25, -0.2) is 0 Å². The Kier molecular flexibility index (Phi) is 4.33. The number of aliphatic hydroxyl groups excluding tert-OH is 1. The largest absolute Gasteiger partial charge is 0.490 e. The number of benzene rings is 1. The summed E-state index contributed by atoms with van der Waals surface area (Å²) in [5.74, 6) is 1.28. The number of aliphatic hydroxyl groups is 1. The van der Waals surface area contributed by atoms with Crippen LogP contribution in [0.5, 0.6) is 5.75 Å². The zero-order valence-electron chi connectivity index (χ0n) is 10.1. The topological polar surface area (TPSA) is 64.7 Å². The number of methoxy groups -OCH3 is 1. The highest BCUT2D eigenvalue weighted by molar-refractivity contribution is 5.65.